The molecule has 11 heteroatoms. The van der Waals surface area contributed by atoms with Crippen molar-refractivity contribution in [2.45, 2.75) is 44.1 Å². The third-order valence-corrected chi connectivity index (χ3v) is 6.70. The fourth-order valence-electron chi connectivity index (χ4n) is 4.41. The maximum absolute atomic E-state index is 13.6. The van der Waals surface area contributed by atoms with Crippen LogP contribution in [0.1, 0.15) is 29.2 Å². The Balaban J connectivity index is 1.51. The minimum absolute atomic E-state index is 0.0470. The summed E-state index contributed by atoms with van der Waals surface area (Å²) in [5, 5.41) is 6.07. The maximum atomic E-state index is 13.6. The average Bonchev–Trinajstić information content (AvgIpc) is 3.34. The second-order valence-electron chi connectivity index (χ2n) is 9.88. The second-order valence-corrected chi connectivity index (χ2v) is 9.88. The molecule has 0 aliphatic carbocycles. The first kappa shape index (κ1) is 29.2. The number of aromatic nitrogens is 1. The van der Waals surface area contributed by atoms with Crippen LogP contribution in [0.4, 0.5) is 18.0 Å². The highest BCUT2D eigenvalue weighted by Gasteiger charge is 2.36. The zero-order valence-corrected chi connectivity index (χ0v) is 22.1. The largest absolute Gasteiger partial charge is 0.445 e. The molecule has 0 spiro atoms. The van der Waals surface area contributed by atoms with E-state index in [-0.39, 0.29) is 19.4 Å². The van der Waals surface area contributed by atoms with E-state index in [2.05, 4.69) is 15.6 Å². The van der Waals surface area contributed by atoms with Crippen LogP contribution >= 0.6 is 0 Å². The van der Waals surface area contributed by atoms with Gasteiger partial charge in [0.1, 0.15) is 18.2 Å². The van der Waals surface area contributed by atoms with E-state index in [1.54, 1.807) is 30.5 Å². The Bertz CT molecular complexity index is 1520. The second kappa shape index (κ2) is 12.2. The number of alkyl halides is 3. The molecule has 0 aliphatic heterocycles. The van der Waals surface area contributed by atoms with Gasteiger partial charge in [0.2, 0.25) is 11.8 Å². The summed E-state index contributed by atoms with van der Waals surface area (Å²) in [4.78, 5) is 41.9. The molecule has 4 rings (SSSR count). The number of alkyl carbamates (subject to hydrolysis) is 1. The summed E-state index contributed by atoms with van der Waals surface area (Å²) in [6.45, 7) is 1.18. The standard InChI is InChI=1S/C30H29F3N4O4/c1-29(27(34)39,16-19-7-3-2-4-8-19)37-26(38)25(15-21-17-35-24-10-6-5-9-23(21)24)36-28(40)41-18-20-11-13-22(14-12-20)30(31,32)33/h2-14,17,25,35H,15-16,18H2,1H3,(H2,34,39)(H,36,40)(H,37,38)/t25-,29?/m0/s1. The number of para-hydroxylation sites is 1. The van der Waals surface area contributed by atoms with Gasteiger partial charge in [0.05, 0.1) is 5.56 Å². The van der Waals surface area contributed by atoms with Gasteiger partial charge in [0.25, 0.3) is 0 Å². The van der Waals surface area contributed by atoms with Gasteiger partial charge in [-0.05, 0) is 41.8 Å². The quantitative estimate of drug-likeness (QED) is 0.223. The van der Waals surface area contributed by atoms with E-state index in [0.717, 1.165) is 34.2 Å². The van der Waals surface area contributed by atoms with Crippen LogP contribution in [0.3, 0.4) is 0 Å². The number of benzene rings is 3. The lowest BCUT2D eigenvalue weighted by atomic mass is 9.91. The van der Waals surface area contributed by atoms with Gasteiger partial charge < -0.3 is 26.1 Å². The van der Waals surface area contributed by atoms with Crippen LogP contribution in [0.5, 0.6) is 0 Å². The zero-order chi connectivity index (χ0) is 29.6. The van der Waals surface area contributed by atoms with Crippen LogP contribution in [-0.2, 0) is 40.0 Å². The molecule has 8 nitrogen and oxygen atoms in total. The van der Waals surface area contributed by atoms with Crippen molar-refractivity contribution in [2.24, 2.45) is 5.73 Å². The molecule has 0 bridgehead atoms. The van der Waals surface area contributed by atoms with Crippen molar-refractivity contribution in [3.63, 3.8) is 0 Å². The summed E-state index contributed by atoms with van der Waals surface area (Å²) in [7, 11) is 0. The minimum Gasteiger partial charge on any atom is -0.445 e. The first-order valence-electron chi connectivity index (χ1n) is 12.7. The van der Waals surface area contributed by atoms with Crippen molar-refractivity contribution < 1.29 is 32.3 Å². The van der Waals surface area contributed by atoms with E-state index in [9.17, 15) is 27.6 Å². The summed E-state index contributed by atoms with van der Waals surface area (Å²) in [6.07, 6.45) is -3.57. The Morgan fingerprint density at radius 1 is 0.927 bits per heavy atom. The van der Waals surface area contributed by atoms with E-state index in [0.29, 0.717) is 5.56 Å². The van der Waals surface area contributed by atoms with Crippen LogP contribution < -0.4 is 16.4 Å². The molecule has 5 N–H and O–H groups in total. The Kier molecular flexibility index (Phi) is 8.65. The van der Waals surface area contributed by atoms with Gasteiger partial charge in [-0.15, -0.1) is 0 Å². The lowest BCUT2D eigenvalue weighted by Gasteiger charge is -2.30. The molecule has 41 heavy (non-hydrogen) atoms. The Morgan fingerprint density at radius 3 is 2.24 bits per heavy atom. The molecule has 4 aromatic rings. The molecule has 0 fully saturated rings. The third kappa shape index (κ3) is 7.44. The van der Waals surface area contributed by atoms with Crippen molar-refractivity contribution >= 4 is 28.8 Å². The van der Waals surface area contributed by atoms with Gasteiger partial charge in [-0.2, -0.15) is 13.2 Å². The normalized spacial score (nSPS) is 13.7. The SMILES string of the molecule is CC(Cc1ccccc1)(NC(=O)[C@H](Cc1c[nH]c2ccccc12)NC(=O)OCc1ccc(C(F)(F)F)cc1)C(N)=O. The molecule has 1 aromatic heterocycles. The number of nitrogens with one attached hydrogen (secondary N) is 3. The van der Waals surface area contributed by atoms with Gasteiger partial charge in [-0.25, -0.2) is 4.79 Å². The van der Waals surface area contributed by atoms with Crippen LogP contribution in [0.2, 0.25) is 0 Å². The van der Waals surface area contributed by atoms with Crippen LogP contribution in [0.25, 0.3) is 10.9 Å². The van der Waals surface area contributed by atoms with Crippen molar-refractivity contribution in [1.82, 2.24) is 15.6 Å². The van der Waals surface area contributed by atoms with E-state index in [4.69, 9.17) is 10.5 Å². The number of aromatic amines is 1. The highest BCUT2D eigenvalue weighted by atomic mass is 19.4. The highest BCUT2D eigenvalue weighted by molar-refractivity contribution is 5.94. The number of nitrogens with two attached hydrogens (primary N) is 1. The molecule has 0 aliphatic rings. The molecule has 2 atom stereocenters. The van der Waals surface area contributed by atoms with Gasteiger partial charge in [-0.1, -0.05) is 60.7 Å². The number of carbonyl (C=O) groups excluding carboxylic acids is 3. The first-order chi connectivity index (χ1) is 19.4. The number of ether oxygens (including phenoxy) is 1. The van der Waals surface area contributed by atoms with Crippen LogP contribution in [-0.4, -0.2) is 34.5 Å². The number of carbonyl (C=O) groups is 3. The number of primary amides is 1. The molecule has 0 saturated carbocycles. The molecular formula is C30H29F3N4O4. The van der Waals surface area contributed by atoms with Crippen molar-refractivity contribution in [1.29, 1.82) is 0 Å². The molecular weight excluding hydrogens is 537 g/mol. The van der Waals surface area contributed by atoms with E-state index in [1.165, 1.54) is 19.1 Å². The Labute approximate surface area is 234 Å². The van der Waals surface area contributed by atoms with Gasteiger partial charge in [0.15, 0.2) is 0 Å². The number of H-pyrrole nitrogens is 1. The van der Waals surface area contributed by atoms with Gasteiger partial charge >= 0.3 is 12.3 Å². The zero-order valence-electron chi connectivity index (χ0n) is 22.1. The van der Waals surface area contributed by atoms with E-state index < -0.39 is 41.2 Å². The highest BCUT2D eigenvalue weighted by Crippen LogP contribution is 2.29. The number of hydrogen-bond acceptors (Lipinski definition) is 4. The van der Waals surface area contributed by atoms with E-state index in [1.807, 2.05) is 30.3 Å². The minimum atomic E-state index is -4.49. The lowest BCUT2D eigenvalue weighted by molar-refractivity contribution is -0.137. The number of amides is 3. The van der Waals surface area contributed by atoms with E-state index >= 15 is 0 Å². The summed E-state index contributed by atoms with van der Waals surface area (Å²) >= 11 is 0. The first-order valence-corrected chi connectivity index (χ1v) is 12.7. The van der Waals surface area contributed by atoms with Crippen LogP contribution in [0.15, 0.2) is 85.1 Å². The lowest BCUT2D eigenvalue weighted by Crippen LogP contribution is -2.61. The Morgan fingerprint density at radius 2 is 1.59 bits per heavy atom. The number of hydrogen-bond donors (Lipinski definition) is 4. The average molecular weight is 567 g/mol. The molecule has 1 heterocycles. The number of fused-ring (bicyclic) bond motifs is 1. The summed E-state index contributed by atoms with van der Waals surface area (Å²) in [6, 6.07) is 19.4. The van der Waals surface area contributed by atoms with Crippen molar-refractivity contribution in [3.8, 4) is 0 Å². The molecule has 3 aromatic carbocycles. The summed E-state index contributed by atoms with van der Waals surface area (Å²) < 4.78 is 43.7. The fourth-order valence-corrected chi connectivity index (χ4v) is 4.41. The van der Waals surface area contributed by atoms with Gasteiger partial charge in [-0.3, -0.25) is 9.59 Å². The van der Waals surface area contributed by atoms with Crippen molar-refractivity contribution in [3.05, 3.63) is 107 Å². The molecule has 214 valence electrons. The topological polar surface area (TPSA) is 126 Å². The number of halogens is 3. The summed E-state index contributed by atoms with van der Waals surface area (Å²) in [5.41, 5.74) is 6.05. The molecule has 0 saturated heterocycles. The molecule has 0 radical (unpaired) electrons. The van der Waals surface area contributed by atoms with Gasteiger partial charge in [0, 0.05) is 29.9 Å². The monoisotopic (exact) mass is 566 g/mol. The smallest absolute Gasteiger partial charge is 0.416 e. The molecule has 1 unspecified atom stereocenters. The predicted molar refractivity (Wildman–Crippen MR) is 146 cm³/mol. The van der Waals surface area contributed by atoms with Crippen LogP contribution in [0, 0.1) is 0 Å². The summed E-state index contributed by atoms with van der Waals surface area (Å²) in [5.74, 6) is -1.43. The van der Waals surface area contributed by atoms with Crippen molar-refractivity contribution in [2.75, 3.05) is 0 Å². The Hall–Kier alpha value is -4.80. The molecule has 3 amide bonds. The third-order valence-electron chi connectivity index (χ3n) is 6.70. The predicted octanol–water partition coefficient (Wildman–Crippen LogP) is 4.63. The fraction of sp³-hybridized carbons (Fsp3) is 0.233. The number of rotatable bonds is 10. The maximum Gasteiger partial charge on any atom is 0.416 e.